The van der Waals surface area contributed by atoms with Gasteiger partial charge in [-0.25, -0.2) is 9.97 Å². The lowest BCUT2D eigenvalue weighted by molar-refractivity contribution is -0.179. The molecule has 1 aromatic carbocycles. The molecule has 0 bridgehead atoms. The molecule has 0 amide bonds. The van der Waals surface area contributed by atoms with E-state index in [-0.39, 0.29) is 19.4 Å². The van der Waals surface area contributed by atoms with Crippen LogP contribution in [0.5, 0.6) is 5.75 Å². The van der Waals surface area contributed by atoms with Crippen LogP contribution in [0.2, 0.25) is 0 Å². The van der Waals surface area contributed by atoms with Crippen LogP contribution in [0.4, 0.5) is 13.2 Å². The number of hydrogen-bond acceptors (Lipinski definition) is 3. The highest BCUT2D eigenvalue weighted by Crippen LogP contribution is 2.33. The van der Waals surface area contributed by atoms with Crippen LogP contribution in [0.3, 0.4) is 0 Å². The second-order valence-corrected chi connectivity index (χ2v) is 9.18. The van der Waals surface area contributed by atoms with Gasteiger partial charge in [0, 0.05) is 18.0 Å². The molecule has 3 nitrogen and oxygen atoms in total. The number of benzene rings is 1. The van der Waals surface area contributed by atoms with Crippen LogP contribution in [0.1, 0.15) is 96.5 Å². The fraction of sp³-hybridized carbons (Fsp3) is 0.643. The molecule has 0 aliphatic rings. The number of unbranched alkanes of at least 4 members (excludes halogenated alkanes) is 8. The van der Waals surface area contributed by atoms with E-state index in [9.17, 15) is 13.2 Å². The number of hydrogen-bond donors (Lipinski definition) is 0. The number of nitrogens with zero attached hydrogens (tertiary/aromatic N) is 2. The van der Waals surface area contributed by atoms with Gasteiger partial charge in [0.25, 0.3) is 0 Å². The number of aryl methyl sites for hydroxylation is 1. The lowest BCUT2D eigenvalue weighted by Crippen LogP contribution is -2.24. The lowest BCUT2D eigenvalue weighted by atomic mass is 9.98. The summed E-state index contributed by atoms with van der Waals surface area (Å²) in [7, 11) is 0. The zero-order valence-corrected chi connectivity index (χ0v) is 20.9. The molecule has 1 heterocycles. The Kier molecular flexibility index (Phi) is 13.0. The molecular weight excluding hydrogens is 437 g/mol. The van der Waals surface area contributed by atoms with Crippen LogP contribution in [0.25, 0.3) is 11.4 Å². The summed E-state index contributed by atoms with van der Waals surface area (Å²) >= 11 is 0. The fourth-order valence-corrected chi connectivity index (χ4v) is 4.04. The number of halogens is 3. The molecule has 0 saturated carbocycles. The van der Waals surface area contributed by atoms with E-state index in [1.807, 2.05) is 31.5 Å². The first-order valence-electron chi connectivity index (χ1n) is 13.0. The normalized spacial score (nSPS) is 12.6. The molecule has 0 aliphatic heterocycles. The van der Waals surface area contributed by atoms with Crippen molar-refractivity contribution in [1.82, 2.24) is 9.97 Å². The SMILES string of the molecule is CCCCCCCCCCc1cnc(-c2ccc(OCCC(CCCC)C(F)(F)F)cc2)nc1. The predicted octanol–water partition coefficient (Wildman–Crippen LogP) is 8.96. The largest absolute Gasteiger partial charge is 0.494 e. The Labute approximate surface area is 203 Å². The molecule has 1 aromatic heterocycles. The van der Waals surface area contributed by atoms with Gasteiger partial charge in [0.2, 0.25) is 0 Å². The maximum atomic E-state index is 13.1. The summed E-state index contributed by atoms with van der Waals surface area (Å²) in [4.78, 5) is 8.98. The van der Waals surface area contributed by atoms with Crippen molar-refractivity contribution in [2.45, 2.75) is 103 Å². The molecule has 0 saturated heterocycles. The standard InChI is InChI=1S/C28H41F3N2O/c1-3-5-7-8-9-10-11-12-13-23-21-32-27(33-22-23)24-15-17-26(18-16-24)34-20-19-25(14-6-4-2)28(29,30)31/h15-18,21-22,25H,3-14,19-20H2,1-2H3. The quantitative estimate of drug-likeness (QED) is 0.213. The van der Waals surface area contributed by atoms with E-state index < -0.39 is 12.1 Å². The van der Waals surface area contributed by atoms with Crippen LogP contribution < -0.4 is 4.74 Å². The van der Waals surface area contributed by atoms with E-state index >= 15 is 0 Å². The molecule has 0 fully saturated rings. The Hall–Kier alpha value is -2.11. The van der Waals surface area contributed by atoms with Gasteiger partial charge in [-0.05, 0) is 55.5 Å². The zero-order chi connectivity index (χ0) is 24.7. The molecule has 0 aliphatic carbocycles. The summed E-state index contributed by atoms with van der Waals surface area (Å²) in [5, 5.41) is 0. The van der Waals surface area contributed by atoms with Gasteiger partial charge in [-0.15, -0.1) is 0 Å². The molecule has 0 spiro atoms. The monoisotopic (exact) mass is 478 g/mol. The van der Waals surface area contributed by atoms with E-state index in [1.165, 1.54) is 44.9 Å². The summed E-state index contributed by atoms with van der Waals surface area (Å²) in [6, 6.07) is 7.23. The van der Waals surface area contributed by atoms with Gasteiger partial charge >= 0.3 is 6.18 Å². The molecule has 1 atom stereocenters. The maximum absolute atomic E-state index is 13.1. The van der Waals surface area contributed by atoms with Crippen LogP contribution in [0, 0.1) is 5.92 Å². The Balaban J connectivity index is 1.73. The number of alkyl halides is 3. The maximum Gasteiger partial charge on any atom is 0.391 e. The van der Waals surface area contributed by atoms with Gasteiger partial charge < -0.3 is 4.74 Å². The first kappa shape index (κ1) is 28.1. The number of rotatable bonds is 17. The number of ether oxygens (including phenoxy) is 1. The molecule has 2 aromatic rings. The van der Waals surface area contributed by atoms with Gasteiger partial charge in [-0.1, -0.05) is 71.6 Å². The molecule has 34 heavy (non-hydrogen) atoms. The third-order valence-corrected chi connectivity index (χ3v) is 6.24. The van der Waals surface area contributed by atoms with Crippen molar-refractivity contribution in [3.63, 3.8) is 0 Å². The van der Waals surface area contributed by atoms with Crippen molar-refractivity contribution in [1.29, 1.82) is 0 Å². The smallest absolute Gasteiger partial charge is 0.391 e. The van der Waals surface area contributed by atoms with Crippen molar-refractivity contribution in [3.8, 4) is 17.1 Å². The average Bonchev–Trinajstić information content (AvgIpc) is 2.83. The van der Waals surface area contributed by atoms with Crippen molar-refractivity contribution >= 4 is 0 Å². The first-order chi connectivity index (χ1) is 16.4. The Morgan fingerprint density at radius 2 is 1.35 bits per heavy atom. The summed E-state index contributed by atoms with van der Waals surface area (Å²) in [6.45, 7) is 4.20. The summed E-state index contributed by atoms with van der Waals surface area (Å²) in [6.07, 6.45) is 12.5. The zero-order valence-electron chi connectivity index (χ0n) is 20.9. The van der Waals surface area contributed by atoms with Crippen molar-refractivity contribution in [3.05, 3.63) is 42.2 Å². The van der Waals surface area contributed by atoms with Crippen LogP contribution in [0.15, 0.2) is 36.7 Å². The third-order valence-electron chi connectivity index (χ3n) is 6.24. The first-order valence-corrected chi connectivity index (χ1v) is 13.0. The second kappa shape index (κ2) is 15.7. The van der Waals surface area contributed by atoms with E-state index in [0.29, 0.717) is 18.0 Å². The van der Waals surface area contributed by atoms with Gasteiger partial charge in [-0.3, -0.25) is 0 Å². The summed E-state index contributed by atoms with van der Waals surface area (Å²) in [5.74, 6) is -0.0983. The minimum Gasteiger partial charge on any atom is -0.494 e. The average molecular weight is 479 g/mol. The topological polar surface area (TPSA) is 35.0 Å². The molecule has 2 rings (SSSR count). The van der Waals surface area contributed by atoms with Crippen molar-refractivity contribution in [2.75, 3.05) is 6.61 Å². The van der Waals surface area contributed by atoms with E-state index in [2.05, 4.69) is 16.9 Å². The molecular formula is C28H41F3N2O. The molecule has 0 radical (unpaired) electrons. The minimum absolute atomic E-state index is 0.0192. The predicted molar refractivity (Wildman–Crippen MR) is 133 cm³/mol. The summed E-state index contributed by atoms with van der Waals surface area (Å²) in [5.41, 5.74) is 2.01. The van der Waals surface area contributed by atoms with Crippen LogP contribution >= 0.6 is 0 Å². The minimum atomic E-state index is -4.17. The van der Waals surface area contributed by atoms with Gasteiger partial charge in [0.15, 0.2) is 5.82 Å². The van der Waals surface area contributed by atoms with Crippen molar-refractivity contribution < 1.29 is 17.9 Å². The second-order valence-electron chi connectivity index (χ2n) is 9.18. The van der Waals surface area contributed by atoms with Gasteiger partial charge in [0.05, 0.1) is 12.5 Å². The van der Waals surface area contributed by atoms with E-state index in [1.54, 1.807) is 12.1 Å². The van der Waals surface area contributed by atoms with Crippen LogP contribution in [-0.4, -0.2) is 22.8 Å². The van der Waals surface area contributed by atoms with Gasteiger partial charge in [0.1, 0.15) is 5.75 Å². The van der Waals surface area contributed by atoms with Crippen LogP contribution in [-0.2, 0) is 6.42 Å². The van der Waals surface area contributed by atoms with Crippen molar-refractivity contribution in [2.24, 2.45) is 5.92 Å². The highest BCUT2D eigenvalue weighted by Gasteiger charge is 2.38. The molecule has 1 unspecified atom stereocenters. The molecule has 0 N–H and O–H groups in total. The third kappa shape index (κ3) is 10.9. The summed E-state index contributed by atoms with van der Waals surface area (Å²) < 4.78 is 44.9. The Bertz CT molecular complexity index is 776. The van der Waals surface area contributed by atoms with E-state index in [0.717, 1.165) is 30.4 Å². The lowest BCUT2D eigenvalue weighted by Gasteiger charge is -2.20. The Morgan fingerprint density at radius 3 is 1.94 bits per heavy atom. The van der Waals surface area contributed by atoms with E-state index in [4.69, 9.17) is 4.74 Å². The number of aromatic nitrogens is 2. The molecule has 190 valence electrons. The highest BCUT2D eigenvalue weighted by atomic mass is 19.4. The van der Waals surface area contributed by atoms with Gasteiger partial charge in [-0.2, -0.15) is 13.2 Å². The fourth-order valence-electron chi connectivity index (χ4n) is 4.04. The highest BCUT2D eigenvalue weighted by molar-refractivity contribution is 5.55. The Morgan fingerprint density at radius 1 is 0.765 bits per heavy atom. The molecule has 6 heteroatoms.